The largest absolute Gasteiger partial charge is 0.328 e. The first-order valence-corrected chi connectivity index (χ1v) is 6.39. The SMILES string of the molecule is CCN(C)C(=O)N1CC2CCCC(N)C2C1.Cl. The van der Waals surface area contributed by atoms with E-state index in [1.54, 1.807) is 4.90 Å². The second-order valence-electron chi connectivity index (χ2n) is 5.22. The normalized spacial score (nSPS) is 31.7. The molecule has 5 heteroatoms. The Bertz CT molecular complexity index is 274. The van der Waals surface area contributed by atoms with Gasteiger partial charge < -0.3 is 15.5 Å². The third-order valence-corrected chi connectivity index (χ3v) is 4.23. The molecule has 1 aliphatic heterocycles. The number of carbonyl (C=O) groups excluding carboxylic acids is 1. The number of rotatable bonds is 1. The lowest BCUT2D eigenvalue weighted by atomic mass is 9.78. The van der Waals surface area contributed by atoms with Gasteiger partial charge in [-0.3, -0.25) is 0 Å². The Morgan fingerprint density at radius 2 is 2.12 bits per heavy atom. The Hall–Kier alpha value is -0.480. The smallest absolute Gasteiger partial charge is 0.319 e. The van der Waals surface area contributed by atoms with Crippen LogP contribution in [0.3, 0.4) is 0 Å². The molecule has 2 amide bonds. The van der Waals surface area contributed by atoms with Crippen LogP contribution in [0, 0.1) is 11.8 Å². The number of fused-ring (bicyclic) bond motifs is 1. The monoisotopic (exact) mass is 261 g/mol. The molecule has 0 aromatic heterocycles. The van der Waals surface area contributed by atoms with Crippen molar-refractivity contribution in [2.75, 3.05) is 26.7 Å². The molecule has 2 fully saturated rings. The number of hydrogen-bond acceptors (Lipinski definition) is 2. The summed E-state index contributed by atoms with van der Waals surface area (Å²) in [5, 5.41) is 0. The number of hydrogen-bond donors (Lipinski definition) is 1. The minimum absolute atomic E-state index is 0. The van der Waals surface area contributed by atoms with E-state index in [2.05, 4.69) is 0 Å². The molecule has 3 unspecified atom stereocenters. The molecule has 2 rings (SSSR count). The number of carbonyl (C=O) groups is 1. The van der Waals surface area contributed by atoms with Gasteiger partial charge in [0, 0.05) is 32.7 Å². The number of urea groups is 1. The molecule has 1 saturated heterocycles. The summed E-state index contributed by atoms with van der Waals surface area (Å²) >= 11 is 0. The van der Waals surface area contributed by atoms with Crippen molar-refractivity contribution >= 4 is 18.4 Å². The van der Waals surface area contributed by atoms with Crippen LogP contribution in [0.25, 0.3) is 0 Å². The molecule has 100 valence electrons. The van der Waals surface area contributed by atoms with E-state index >= 15 is 0 Å². The molecule has 17 heavy (non-hydrogen) atoms. The Labute approximate surface area is 110 Å². The molecule has 3 atom stereocenters. The summed E-state index contributed by atoms with van der Waals surface area (Å²) in [6.07, 6.45) is 3.61. The van der Waals surface area contributed by atoms with Crippen LogP contribution in [0.15, 0.2) is 0 Å². The Balaban J connectivity index is 0.00000144. The van der Waals surface area contributed by atoms with Gasteiger partial charge in [0.2, 0.25) is 0 Å². The van der Waals surface area contributed by atoms with Crippen molar-refractivity contribution in [3.05, 3.63) is 0 Å². The number of nitrogens with zero attached hydrogens (tertiary/aromatic N) is 2. The third kappa shape index (κ3) is 2.86. The van der Waals surface area contributed by atoms with Crippen LogP contribution in [-0.4, -0.2) is 48.6 Å². The summed E-state index contributed by atoms with van der Waals surface area (Å²) in [4.78, 5) is 15.8. The van der Waals surface area contributed by atoms with Crippen molar-refractivity contribution < 1.29 is 4.79 Å². The highest BCUT2D eigenvalue weighted by Gasteiger charge is 2.40. The molecule has 2 aliphatic rings. The van der Waals surface area contributed by atoms with Gasteiger partial charge in [0.1, 0.15) is 0 Å². The first kappa shape index (κ1) is 14.6. The highest BCUT2D eigenvalue weighted by molar-refractivity contribution is 5.85. The van der Waals surface area contributed by atoms with E-state index in [4.69, 9.17) is 5.73 Å². The molecule has 1 aliphatic carbocycles. The van der Waals surface area contributed by atoms with Gasteiger partial charge in [-0.1, -0.05) is 6.42 Å². The van der Waals surface area contributed by atoms with E-state index in [0.29, 0.717) is 17.9 Å². The van der Waals surface area contributed by atoms with Gasteiger partial charge in [-0.2, -0.15) is 0 Å². The molecular formula is C12H24ClN3O. The second-order valence-corrected chi connectivity index (χ2v) is 5.22. The minimum Gasteiger partial charge on any atom is -0.328 e. The van der Waals surface area contributed by atoms with E-state index in [9.17, 15) is 4.79 Å². The van der Waals surface area contributed by atoms with E-state index in [-0.39, 0.29) is 18.4 Å². The van der Waals surface area contributed by atoms with Gasteiger partial charge in [0.05, 0.1) is 0 Å². The van der Waals surface area contributed by atoms with Gasteiger partial charge in [0.25, 0.3) is 0 Å². The van der Waals surface area contributed by atoms with Crippen LogP contribution in [0.4, 0.5) is 4.79 Å². The Morgan fingerprint density at radius 3 is 2.71 bits per heavy atom. The van der Waals surface area contributed by atoms with E-state index in [1.165, 1.54) is 12.8 Å². The molecular weight excluding hydrogens is 238 g/mol. The van der Waals surface area contributed by atoms with Crippen molar-refractivity contribution in [2.45, 2.75) is 32.2 Å². The maximum Gasteiger partial charge on any atom is 0.319 e. The summed E-state index contributed by atoms with van der Waals surface area (Å²) in [5.41, 5.74) is 6.14. The summed E-state index contributed by atoms with van der Waals surface area (Å²) in [7, 11) is 1.87. The van der Waals surface area contributed by atoms with Crippen LogP contribution in [-0.2, 0) is 0 Å². The van der Waals surface area contributed by atoms with E-state index in [1.807, 2.05) is 18.9 Å². The van der Waals surface area contributed by atoms with Crippen molar-refractivity contribution in [1.82, 2.24) is 9.80 Å². The maximum atomic E-state index is 12.0. The lowest BCUT2D eigenvalue weighted by molar-refractivity contribution is 0.172. The van der Waals surface area contributed by atoms with Gasteiger partial charge in [-0.25, -0.2) is 4.79 Å². The number of likely N-dealkylation sites (tertiary alicyclic amines) is 1. The molecule has 1 heterocycles. The number of nitrogens with two attached hydrogens (primary N) is 1. The van der Waals surface area contributed by atoms with Gasteiger partial charge >= 0.3 is 6.03 Å². The van der Waals surface area contributed by atoms with Crippen LogP contribution in [0.1, 0.15) is 26.2 Å². The molecule has 0 aromatic rings. The fraction of sp³-hybridized carbons (Fsp3) is 0.917. The van der Waals surface area contributed by atoms with Crippen LogP contribution in [0.5, 0.6) is 0 Å². The fourth-order valence-electron chi connectivity index (χ4n) is 3.05. The second kappa shape index (κ2) is 5.91. The van der Waals surface area contributed by atoms with Crippen LogP contribution >= 0.6 is 12.4 Å². The van der Waals surface area contributed by atoms with Gasteiger partial charge in [-0.05, 0) is 31.6 Å². The summed E-state index contributed by atoms with van der Waals surface area (Å²) in [5.74, 6) is 1.20. The van der Waals surface area contributed by atoms with Crippen LogP contribution in [0.2, 0.25) is 0 Å². The quantitative estimate of drug-likeness (QED) is 0.779. The summed E-state index contributed by atoms with van der Waals surface area (Å²) < 4.78 is 0. The Kier molecular flexibility index (Phi) is 5.07. The topological polar surface area (TPSA) is 49.6 Å². The average Bonchev–Trinajstić information content (AvgIpc) is 2.72. The number of amides is 2. The fourth-order valence-corrected chi connectivity index (χ4v) is 3.05. The zero-order valence-corrected chi connectivity index (χ0v) is 11.6. The standard InChI is InChI=1S/C12H23N3O.ClH/c1-3-14(2)12(16)15-7-9-5-4-6-11(13)10(9)8-15;/h9-11H,3-8,13H2,1-2H3;1H. The molecule has 2 N–H and O–H groups in total. The lowest BCUT2D eigenvalue weighted by Gasteiger charge is -2.29. The Morgan fingerprint density at radius 1 is 1.41 bits per heavy atom. The lowest BCUT2D eigenvalue weighted by Crippen LogP contribution is -2.41. The van der Waals surface area contributed by atoms with Gasteiger partial charge in [-0.15, -0.1) is 12.4 Å². The van der Waals surface area contributed by atoms with Crippen molar-refractivity contribution in [2.24, 2.45) is 17.6 Å². The maximum absolute atomic E-state index is 12.0. The van der Waals surface area contributed by atoms with Crippen LogP contribution < -0.4 is 5.73 Å². The third-order valence-electron chi connectivity index (χ3n) is 4.23. The first-order chi connectivity index (χ1) is 7.63. The van der Waals surface area contributed by atoms with Crippen molar-refractivity contribution in [3.63, 3.8) is 0 Å². The van der Waals surface area contributed by atoms with Crippen molar-refractivity contribution in [1.29, 1.82) is 0 Å². The molecule has 0 spiro atoms. The summed E-state index contributed by atoms with van der Waals surface area (Å²) in [6, 6.07) is 0.479. The number of halogens is 1. The predicted molar refractivity (Wildman–Crippen MR) is 71.3 cm³/mol. The highest BCUT2D eigenvalue weighted by Crippen LogP contribution is 2.35. The van der Waals surface area contributed by atoms with Gasteiger partial charge in [0.15, 0.2) is 0 Å². The minimum atomic E-state index is 0. The van der Waals surface area contributed by atoms with Crippen molar-refractivity contribution in [3.8, 4) is 0 Å². The molecule has 0 radical (unpaired) electrons. The zero-order chi connectivity index (χ0) is 11.7. The average molecular weight is 262 g/mol. The molecule has 0 aromatic carbocycles. The highest BCUT2D eigenvalue weighted by atomic mass is 35.5. The molecule has 0 bridgehead atoms. The summed E-state index contributed by atoms with van der Waals surface area (Å²) in [6.45, 7) is 4.57. The predicted octanol–water partition coefficient (Wildman–Crippen LogP) is 1.54. The first-order valence-electron chi connectivity index (χ1n) is 6.39. The molecule has 1 saturated carbocycles. The molecule has 4 nitrogen and oxygen atoms in total. The van der Waals surface area contributed by atoms with E-state index in [0.717, 1.165) is 26.1 Å². The van der Waals surface area contributed by atoms with E-state index < -0.39 is 0 Å². The zero-order valence-electron chi connectivity index (χ0n) is 10.8.